The van der Waals surface area contributed by atoms with E-state index in [1.54, 1.807) is 44.4 Å². The molecule has 0 saturated heterocycles. The van der Waals surface area contributed by atoms with Gasteiger partial charge in [0.05, 0.1) is 19.8 Å². The van der Waals surface area contributed by atoms with Gasteiger partial charge in [0, 0.05) is 31.1 Å². The van der Waals surface area contributed by atoms with Crippen molar-refractivity contribution in [1.82, 2.24) is 4.90 Å². The molecule has 3 aromatic rings. The summed E-state index contributed by atoms with van der Waals surface area (Å²) >= 11 is 0. The van der Waals surface area contributed by atoms with Crippen LogP contribution >= 0.6 is 0 Å². The summed E-state index contributed by atoms with van der Waals surface area (Å²) in [6.45, 7) is 0.352. The Balaban J connectivity index is 1.56. The number of esters is 1. The summed E-state index contributed by atoms with van der Waals surface area (Å²) in [4.78, 5) is 27.3. The molecular formula is C26H25NO5. The first-order valence-corrected chi connectivity index (χ1v) is 10.4. The van der Waals surface area contributed by atoms with Gasteiger partial charge < -0.3 is 19.1 Å². The van der Waals surface area contributed by atoms with Gasteiger partial charge in [0.15, 0.2) is 11.5 Å². The van der Waals surface area contributed by atoms with E-state index in [0.717, 1.165) is 16.7 Å². The molecule has 0 saturated carbocycles. The molecule has 0 N–H and O–H groups in total. The van der Waals surface area contributed by atoms with Crippen LogP contribution in [0.25, 0.3) is 0 Å². The molecule has 4 rings (SSSR count). The van der Waals surface area contributed by atoms with Crippen molar-refractivity contribution in [2.24, 2.45) is 0 Å². The smallest absolute Gasteiger partial charge is 0.339 e. The molecule has 1 aliphatic rings. The first kappa shape index (κ1) is 21.4. The lowest BCUT2D eigenvalue weighted by molar-refractivity contribution is 0.0252. The van der Waals surface area contributed by atoms with Crippen molar-refractivity contribution in [1.29, 1.82) is 0 Å². The molecule has 1 aliphatic heterocycles. The first-order chi connectivity index (χ1) is 15.5. The average molecular weight is 431 g/mol. The van der Waals surface area contributed by atoms with Gasteiger partial charge in [0.1, 0.15) is 6.10 Å². The zero-order chi connectivity index (χ0) is 22.7. The summed E-state index contributed by atoms with van der Waals surface area (Å²) in [6, 6.07) is 20.4. The Morgan fingerprint density at radius 2 is 1.81 bits per heavy atom. The quantitative estimate of drug-likeness (QED) is 0.540. The number of amides is 1. The van der Waals surface area contributed by atoms with Crippen LogP contribution in [0.3, 0.4) is 0 Å². The number of methoxy groups -OCH3 is 2. The van der Waals surface area contributed by atoms with Crippen molar-refractivity contribution < 1.29 is 23.8 Å². The molecule has 0 aliphatic carbocycles. The number of carbonyl (C=O) groups is 2. The normalized spacial score (nSPS) is 14.8. The molecule has 1 atom stereocenters. The number of para-hydroxylation sites is 1. The van der Waals surface area contributed by atoms with Crippen LogP contribution in [0, 0.1) is 0 Å². The summed E-state index contributed by atoms with van der Waals surface area (Å²) in [5.41, 5.74) is 3.62. The maximum atomic E-state index is 13.2. The van der Waals surface area contributed by atoms with Crippen LogP contribution in [0.15, 0.2) is 66.7 Å². The summed E-state index contributed by atoms with van der Waals surface area (Å²) in [5.74, 6) is 0.708. The van der Waals surface area contributed by atoms with Crippen molar-refractivity contribution in [2.45, 2.75) is 19.1 Å². The van der Waals surface area contributed by atoms with Gasteiger partial charge in [-0.2, -0.15) is 0 Å². The highest BCUT2D eigenvalue weighted by Gasteiger charge is 2.28. The lowest BCUT2D eigenvalue weighted by atomic mass is 9.93. The van der Waals surface area contributed by atoms with Crippen molar-refractivity contribution in [3.05, 3.63) is 94.5 Å². The van der Waals surface area contributed by atoms with Gasteiger partial charge in [-0.25, -0.2) is 4.79 Å². The third-order valence-corrected chi connectivity index (χ3v) is 5.64. The molecule has 0 aromatic heterocycles. The maximum absolute atomic E-state index is 13.2. The fourth-order valence-corrected chi connectivity index (χ4v) is 4.01. The van der Waals surface area contributed by atoms with E-state index in [1.807, 2.05) is 48.5 Å². The second-order valence-electron chi connectivity index (χ2n) is 7.69. The number of nitrogens with zero attached hydrogens (tertiary/aromatic N) is 1. The van der Waals surface area contributed by atoms with E-state index in [4.69, 9.17) is 14.2 Å². The van der Waals surface area contributed by atoms with E-state index in [0.29, 0.717) is 35.6 Å². The third-order valence-electron chi connectivity index (χ3n) is 5.64. The highest BCUT2D eigenvalue weighted by atomic mass is 16.5. The Morgan fingerprint density at radius 1 is 1.03 bits per heavy atom. The van der Waals surface area contributed by atoms with E-state index in [-0.39, 0.29) is 18.0 Å². The summed E-state index contributed by atoms with van der Waals surface area (Å²) < 4.78 is 16.4. The lowest BCUT2D eigenvalue weighted by Gasteiger charge is -2.26. The Labute approximate surface area is 187 Å². The minimum Gasteiger partial charge on any atom is -0.493 e. The molecule has 1 unspecified atom stereocenters. The first-order valence-electron chi connectivity index (χ1n) is 10.4. The number of carbonyl (C=O) groups excluding carboxylic acids is 2. The highest BCUT2D eigenvalue weighted by Crippen LogP contribution is 2.33. The van der Waals surface area contributed by atoms with Gasteiger partial charge in [-0.1, -0.05) is 42.5 Å². The van der Waals surface area contributed by atoms with Crippen molar-refractivity contribution in [3.8, 4) is 11.5 Å². The van der Waals surface area contributed by atoms with E-state index < -0.39 is 0 Å². The Morgan fingerprint density at radius 3 is 2.53 bits per heavy atom. The van der Waals surface area contributed by atoms with Gasteiger partial charge in [0.2, 0.25) is 0 Å². The van der Waals surface area contributed by atoms with E-state index in [2.05, 4.69) is 0 Å². The fourth-order valence-electron chi connectivity index (χ4n) is 4.01. The molecule has 6 heteroatoms. The summed E-state index contributed by atoms with van der Waals surface area (Å²) in [6.07, 6.45) is 0.167. The molecule has 1 amide bonds. The van der Waals surface area contributed by atoms with Crippen molar-refractivity contribution in [2.75, 3.05) is 21.3 Å². The topological polar surface area (TPSA) is 65.1 Å². The van der Waals surface area contributed by atoms with Gasteiger partial charge in [-0.15, -0.1) is 0 Å². The predicted octanol–water partition coefficient (Wildman–Crippen LogP) is 4.43. The third kappa shape index (κ3) is 4.17. The van der Waals surface area contributed by atoms with Crippen LogP contribution in [0.5, 0.6) is 11.5 Å². The molecule has 3 aromatic carbocycles. The molecule has 0 spiro atoms. The second kappa shape index (κ2) is 9.14. The van der Waals surface area contributed by atoms with Crippen LogP contribution < -0.4 is 9.47 Å². The van der Waals surface area contributed by atoms with E-state index >= 15 is 0 Å². The lowest BCUT2D eigenvalue weighted by Crippen LogP contribution is -2.27. The van der Waals surface area contributed by atoms with Crippen molar-refractivity contribution in [3.63, 3.8) is 0 Å². The number of benzene rings is 3. The fraction of sp³-hybridized carbons (Fsp3) is 0.231. The number of cyclic esters (lactones) is 1. The van der Waals surface area contributed by atoms with E-state index in [1.165, 1.54) is 0 Å². The Hall–Kier alpha value is -3.80. The van der Waals surface area contributed by atoms with Gasteiger partial charge >= 0.3 is 5.97 Å². The minimum atomic E-state index is -0.367. The van der Waals surface area contributed by atoms with Crippen LogP contribution in [-0.4, -0.2) is 38.0 Å². The van der Waals surface area contributed by atoms with Gasteiger partial charge in [-0.05, 0) is 35.4 Å². The van der Waals surface area contributed by atoms with Crippen molar-refractivity contribution >= 4 is 11.9 Å². The van der Waals surface area contributed by atoms with Crippen LogP contribution in [-0.2, 0) is 17.7 Å². The molecule has 1 heterocycles. The minimum absolute atomic E-state index is 0.145. The summed E-state index contributed by atoms with van der Waals surface area (Å²) in [5, 5.41) is 0. The average Bonchev–Trinajstić information content (AvgIpc) is 2.83. The second-order valence-corrected chi connectivity index (χ2v) is 7.69. The Kier molecular flexibility index (Phi) is 6.12. The predicted molar refractivity (Wildman–Crippen MR) is 120 cm³/mol. The molecule has 0 bridgehead atoms. The molecular weight excluding hydrogens is 406 g/mol. The summed E-state index contributed by atoms with van der Waals surface area (Å²) in [7, 11) is 4.90. The maximum Gasteiger partial charge on any atom is 0.339 e. The molecule has 0 radical (unpaired) electrons. The number of hydrogen-bond acceptors (Lipinski definition) is 5. The van der Waals surface area contributed by atoms with Gasteiger partial charge in [-0.3, -0.25) is 4.79 Å². The van der Waals surface area contributed by atoms with Crippen LogP contribution in [0.2, 0.25) is 0 Å². The van der Waals surface area contributed by atoms with Crippen LogP contribution in [0.1, 0.15) is 43.5 Å². The molecule has 0 fully saturated rings. The SMILES string of the molecule is COc1cccc(CN(C)C(=O)c2ccc3c(c2)CC(c2ccccc2)OC3=O)c1OC. The van der Waals surface area contributed by atoms with Crippen LogP contribution in [0.4, 0.5) is 0 Å². The molecule has 32 heavy (non-hydrogen) atoms. The number of hydrogen-bond donors (Lipinski definition) is 0. The van der Waals surface area contributed by atoms with Gasteiger partial charge in [0.25, 0.3) is 5.91 Å². The number of rotatable bonds is 6. The molecule has 164 valence electrons. The highest BCUT2D eigenvalue weighted by molar-refractivity contribution is 5.97. The number of ether oxygens (including phenoxy) is 3. The zero-order valence-electron chi connectivity index (χ0n) is 18.3. The van der Waals surface area contributed by atoms with E-state index in [9.17, 15) is 9.59 Å². The largest absolute Gasteiger partial charge is 0.493 e. The Bertz CT molecular complexity index is 1140. The molecule has 6 nitrogen and oxygen atoms in total. The zero-order valence-corrected chi connectivity index (χ0v) is 18.3. The number of fused-ring (bicyclic) bond motifs is 1. The monoisotopic (exact) mass is 431 g/mol. The standard InChI is InChI=1S/C26H25NO5/c1-27(16-19-10-7-11-22(30-2)24(19)31-3)25(28)18-12-13-21-20(14-18)15-23(32-26(21)29)17-8-5-4-6-9-17/h4-14,23H,15-16H2,1-3H3.